The molecule has 0 radical (unpaired) electrons. The van der Waals surface area contributed by atoms with E-state index < -0.39 is 0 Å². The van der Waals surface area contributed by atoms with Gasteiger partial charge in [0, 0.05) is 18.2 Å². The van der Waals surface area contributed by atoms with Crippen LogP contribution >= 0.6 is 0 Å². The largest absolute Gasteiger partial charge is 0.348 e. The monoisotopic (exact) mass is 232 g/mol. The fourth-order valence-electron chi connectivity index (χ4n) is 2.41. The number of hydrogen-bond acceptors (Lipinski definition) is 2. The highest BCUT2D eigenvalue weighted by Gasteiger charge is 2.18. The lowest BCUT2D eigenvalue weighted by Crippen LogP contribution is -2.45. The number of carbonyl (C=O) groups excluding carboxylic acids is 1. The first kappa shape index (κ1) is 12.1. The van der Waals surface area contributed by atoms with Crippen molar-refractivity contribution in [3.05, 3.63) is 34.9 Å². The molecule has 1 aliphatic heterocycles. The van der Waals surface area contributed by atoms with Gasteiger partial charge in [-0.3, -0.25) is 4.79 Å². The Bertz CT molecular complexity index is 388. The lowest BCUT2D eigenvalue weighted by atomic mass is 10.0. The molecule has 2 rings (SSSR count). The third kappa shape index (κ3) is 2.86. The van der Waals surface area contributed by atoms with Gasteiger partial charge in [-0.05, 0) is 44.4 Å². The zero-order chi connectivity index (χ0) is 12.3. The average Bonchev–Trinajstić information content (AvgIpc) is 2.30. The molecule has 2 N–H and O–H groups in total. The first-order valence-electron chi connectivity index (χ1n) is 6.26. The van der Waals surface area contributed by atoms with Crippen LogP contribution in [0.1, 0.15) is 34.3 Å². The van der Waals surface area contributed by atoms with Crippen LogP contribution in [0.4, 0.5) is 0 Å². The van der Waals surface area contributed by atoms with Crippen molar-refractivity contribution in [3.8, 4) is 0 Å². The molecule has 0 saturated carbocycles. The summed E-state index contributed by atoms with van der Waals surface area (Å²) >= 11 is 0. The highest BCUT2D eigenvalue weighted by Crippen LogP contribution is 2.14. The number of carbonyl (C=O) groups is 1. The Morgan fingerprint density at radius 3 is 2.65 bits per heavy atom. The predicted octanol–water partition coefficient (Wildman–Crippen LogP) is 1.79. The van der Waals surface area contributed by atoms with E-state index in [0.29, 0.717) is 0 Å². The minimum Gasteiger partial charge on any atom is -0.348 e. The van der Waals surface area contributed by atoms with Gasteiger partial charge >= 0.3 is 0 Å². The molecule has 92 valence electrons. The molecule has 0 aliphatic carbocycles. The van der Waals surface area contributed by atoms with E-state index in [4.69, 9.17) is 0 Å². The van der Waals surface area contributed by atoms with Crippen molar-refractivity contribution in [1.29, 1.82) is 0 Å². The Kier molecular flexibility index (Phi) is 3.79. The van der Waals surface area contributed by atoms with Crippen LogP contribution in [0.2, 0.25) is 0 Å². The summed E-state index contributed by atoms with van der Waals surface area (Å²) in [6, 6.07) is 6.24. The minimum atomic E-state index is 0.0642. The highest BCUT2D eigenvalue weighted by atomic mass is 16.1. The van der Waals surface area contributed by atoms with Gasteiger partial charge < -0.3 is 10.6 Å². The Balaban J connectivity index is 2.08. The van der Waals surface area contributed by atoms with Gasteiger partial charge in [0.25, 0.3) is 5.91 Å². The number of hydrogen-bond donors (Lipinski definition) is 2. The Labute approximate surface area is 103 Å². The summed E-state index contributed by atoms with van der Waals surface area (Å²) in [6.07, 6.45) is 2.21. The first-order valence-corrected chi connectivity index (χ1v) is 6.26. The van der Waals surface area contributed by atoms with Gasteiger partial charge in [0.05, 0.1) is 0 Å². The average molecular weight is 232 g/mol. The number of rotatable bonds is 2. The summed E-state index contributed by atoms with van der Waals surface area (Å²) in [7, 11) is 0. The Hall–Kier alpha value is -1.35. The molecule has 1 aliphatic rings. The third-order valence-corrected chi connectivity index (χ3v) is 3.34. The van der Waals surface area contributed by atoms with E-state index in [1.54, 1.807) is 0 Å². The maximum absolute atomic E-state index is 12.2. The highest BCUT2D eigenvalue weighted by molar-refractivity contribution is 5.97. The van der Waals surface area contributed by atoms with E-state index >= 15 is 0 Å². The number of benzene rings is 1. The second-order valence-electron chi connectivity index (χ2n) is 4.78. The van der Waals surface area contributed by atoms with Crippen LogP contribution in [0.15, 0.2) is 18.2 Å². The van der Waals surface area contributed by atoms with Crippen molar-refractivity contribution in [2.75, 3.05) is 13.1 Å². The summed E-state index contributed by atoms with van der Waals surface area (Å²) in [5.41, 5.74) is 2.93. The van der Waals surface area contributed by atoms with Crippen molar-refractivity contribution in [2.45, 2.75) is 32.7 Å². The second kappa shape index (κ2) is 5.32. The van der Waals surface area contributed by atoms with Crippen LogP contribution in [0, 0.1) is 13.8 Å². The molecule has 1 atom stereocenters. The van der Waals surface area contributed by atoms with Crippen LogP contribution in [-0.4, -0.2) is 25.0 Å². The van der Waals surface area contributed by atoms with Crippen molar-refractivity contribution in [2.24, 2.45) is 0 Å². The van der Waals surface area contributed by atoms with Crippen LogP contribution in [-0.2, 0) is 0 Å². The van der Waals surface area contributed by atoms with E-state index in [0.717, 1.165) is 42.6 Å². The van der Waals surface area contributed by atoms with Crippen LogP contribution in [0.25, 0.3) is 0 Å². The van der Waals surface area contributed by atoms with Gasteiger partial charge in [0.1, 0.15) is 0 Å². The Morgan fingerprint density at radius 2 is 2.06 bits per heavy atom. The number of nitrogens with one attached hydrogen (secondary N) is 2. The van der Waals surface area contributed by atoms with E-state index in [1.807, 2.05) is 32.0 Å². The fraction of sp³-hybridized carbons (Fsp3) is 0.500. The summed E-state index contributed by atoms with van der Waals surface area (Å²) in [5, 5.41) is 6.42. The molecule has 1 heterocycles. The molecule has 3 nitrogen and oxygen atoms in total. The lowest BCUT2D eigenvalue weighted by Gasteiger charge is -2.24. The minimum absolute atomic E-state index is 0.0642. The van der Waals surface area contributed by atoms with Gasteiger partial charge in [-0.25, -0.2) is 0 Å². The number of piperidine rings is 1. The maximum atomic E-state index is 12.2. The zero-order valence-electron chi connectivity index (χ0n) is 10.5. The molecule has 1 aromatic carbocycles. The molecule has 0 unspecified atom stereocenters. The SMILES string of the molecule is Cc1cccc(C)c1C(=O)N[C@H]1CCCNC1. The molecule has 0 spiro atoms. The fourth-order valence-corrected chi connectivity index (χ4v) is 2.41. The first-order chi connectivity index (χ1) is 8.18. The van der Waals surface area contributed by atoms with Gasteiger partial charge in [0.2, 0.25) is 0 Å². The number of amides is 1. The summed E-state index contributed by atoms with van der Waals surface area (Å²) < 4.78 is 0. The Morgan fingerprint density at radius 1 is 1.35 bits per heavy atom. The normalized spacial score (nSPS) is 20.0. The van der Waals surface area contributed by atoms with Gasteiger partial charge in [-0.15, -0.1) is 0 Å². The third-order valence-electron chi connectivity index (χ3n) is 3.34. The van der Waals surface area contributed by atoms with Crippen molar-refractivity contribution in [3.63, 3.8) is 0 Å². The predicted molar refractivity (Wildman–Crippen MR) is 69.3 cm³/mol. The van der Waals surface area contributed by atoms with E-state index in [1.165, 1.54) is 0 Å². The van der Waals surface area contributed by atoms with E-state index in [9.17, 15) is 4.79 Å². The van der Waals surface area contributed by atoms with Crippen molar-refractivity contribution in [1.82, 2.24) is 10.6 Å². The topological polar surface area (TPSA) is 41.1 Å². The molecule has 1 amide bonds. The number of aryl methyl sites for hydroxylation is 2. The molecular weight excluding hydrogens is 212 g/mol. The van der Waals surface area contributed by atoms with Crippen molar-refractivity contribution >= 4 is 5.91 Å². The molecule has 0 bridgehead atoms. The second-order valence-corrected chi connectivity index (χ2v) is 4.78. The summed E-state index contributed by atoms with van der Waals surface area (Å²) in [5.74, 6) is 0.0642. The zero-order valence-corrected chi connectivity index (χ0v) is 10.5. The summed E-state index contributed by atoms with van der Waals surface area (Å²) in [4.78, 5) is 12.2. The molecule has 3 heteroatoms. The van der Waals surface area contributed by atoms with E-state index in [2.05, 4.69) is 10.6 Å². The van der Waals surface area contributed by atoms with Gasteiger partial charge in [-0.1, -0.05) is 18.2 Å². The van der Waals surface area contributed by atoms with E-state index in [-0.39, 0.29) is 11.9 Å². The molecule has 1 aromatic rings. The molecule has 0 aromatic heterocycles. The van der Waals surface area contributed by atoms with Crippen molar-refractivity contribution < 1.29 is 4.79 Å². The standard InChI is InChI=1S/C14H20N2O/c1-10-5-3-6-11(2)13(10)14(17)16-12-7-4-8-15-9-12/h3,5-6,12,15H,4,7-9H2,1-2H3,(H,16,17)/t12-/m0/s1. The molecule has 1 fully saturated rings. The quantitative estimate of drug-likeness (QED) is 0.816. The van der Waals surface area contributed by atoms with Crippen LogP contribution in [0.5, 0.6) is 0 Å². The maximum Gasteiger partial charge on any atom is 0.252 e. The van der Waals surface area contributed by atoms with Crippen LogP contribution in [0.3, 0.4) is 0 Å². The van der Waals surface area contributed by atoms with Gasteiger partial charge in [0.15, 0.2) is 0 Å². The smallest absolute Gasteiger partial charge is 0.252 e. The van der Waals surface area contributed by atoms with Crippen LogP contribution < -0.4 is 10.6 Å². The molecule has 1 saturated heterocycles. The summed E-state index contributed by atoms with van der Waals surface area (Å²) in [6.45, 7) is 5.93. The van der Waals surface area contributed by atoms with Gasteiger partial charge in [-0.2, -0.15) is 0 Å². The lowest BCUT2D eigenvalue weighted by molar-refractivity contribution is 0.0929. The molecular formula is C14H20N2O. The molecule has 17 heavy (non-hydrogen) atoms.